The van der Waals surface area contributed by atoms with Gasteiger partial charge in [0.15, 0.2) is 0 Å². The molecular weight excluding hydrogens is 330 g/mol. The third kappa shape index (κ3) is 3.05. The van der Waals surface area contributed by atoms with Crippen molar-refractivity contribution < 1.29 is 5.11 Å². The van der Waals surface area contributed by atoms with E-state index in [-0.39, 0.29) is 0 Å². The van der Waals surface area contributed by atoms with Gasteiger partial charge >= 0.3 is 0 Å². The van der Waals surface area contributed by atoms with Crippen LogP contribution >= 0.6 is 15.9 Å². The number of benzene rings is 1. The van der Waals surface area contributed by atoms with Gasteiger partial charge in [-0.1, -0.05) is 28.1 Å². The molecule has 0 saturated carbocycles. The maximum Gasteiger partial charge on any atom is 0.0994 e. The van der Waals surface area contributed by atoms with E-state index in [1.807, 2.05) is 44.6 Å². The van der Waals surface area contributed by atoms with E-state index in [2.05, 4.69) is 30.4 Å². The molecule has 1 unspecified atom stereocenters. The minimum atomic E-state index is -0.854. The summed E-state index contributed by atoms with van der Waals surface area (Å²) in [5.74, 6) is 0. The fraction of sp³-hybridized carbons (Fsp3) is 0.438. The summed E-state index contributed by atoms with van der Waals surface area (Å²) >= 11 is 3.43. The Hall–Kier alpha value is -1.17. The first-order valence-electron chi connectivity index (χ1n) is 7.15. The third-order valence-electron chi connectivity index (χ3n) is 4.18. The van der Waals surface area contributed by atoms with Gasteiger partial charge in [-0.15, -0.1) is 0 Å². The van der Waals surface area contributed by atoms with Crippen LogP contribution in [0.2, 0.25) is 0 Å². The molecule has 0 amide bonds. The molecule has 0 saturated heterocycles. The Morgan fingerprint density at radius 1 is 1.33 bits per heavy atom. The standard InChI is InChI=1S/C16H20BrN3O/c1-16(21,12-3-5-13(17)6-4-12)10-20-8-7-15-14(9-20)18-11-19(15)2/h3-6,11,21H,7-10H2,1-2H3. The zero-order valence-corrected chi connectivity index (χ0v) is 14.0. The highest BCUT2D eigenvalue weighted by Crippen LogP contribution is 2.26. The average molecular weight is 350 g/mol. The molecular formula is C16H20BrN3O. The number of hydrogen-bond acceptors (Lipinski definition) is 3. The summed E-state index contributed by atoms with van der Waals surface area (Å²) in [4.78, 5) is 6.73. The van der Waals surface area contributed by atoms with Crippen molar-refractivity contribution in [3.63, 3.8) is 0 Å². The lowest BCUT2D eigenvalue weighted by molar-refractivity contribution is 0.0112. The molecule has 0 spiro atoms. The molecule has 0 bridgehead atoms. The Morgan fingerprint density at radius 3 is 2.76 bits per heavy atom. The van der Waals surface area contributed by atoms with Crippen LogP contribution in [-0.2, 0) is 25.6 Å². The molecule has 2 aromatic rings. The lowest BCUT2D eigenvalue weighted by Crippen LogP contribution is -2.41. The van der Waals surface area contributed by atoms with Gasteiger partial charge in [0.2, 0.25) is 0 Å². The lowest BCUT2D eigenvalue weighted by atomic mass is 9.94. The van der Waals surface area contributed by atoms with Crippen molar-refractivity contribution in [2.45, 2.75) is 25.5 Å². The summed E-state index contributed by atoms with van der Waals surface area (Å²) in [5.41, 5.74) is 2.54. The topological polar surface area (TPSA) is 41.3 Å². The van der Waals surface area contributed by atoms with Gasteiger partial charge in [-0.2, -0.15) is 0 Å². The summed E-state index contributed by atoms with van der Waals surface area (Å²) in [6, 6.07) is 7.88. The molecule has 0 aliphatic carbocycles. The molecule has 1 N–H and O–H groups in total. The van der Waals surface area contributed by atoms with Crippen molar-refractivity contribution in [2.75, 3.05) is 13.1 Å². The minimum Gasteiger partial charge on any atom is -0.384 e. The van der Waals surface area contributed by atoms with Crippen molar-refractivity contribution in [1.82, 2.24) is 14.5 Å². The summed E-state index contributed by atoms with van der Waals surface area (Å²) in [7, 11) is 2.04. The van der Waals surface area contributed by atoms with Crippen LogP contribution < -0.4 is 0 Å². The Bertz CT molecular complexity index is 633. The Morgan fingerprint density at radius 2 is 2.05 bits per heavy atom. The van der Waals surface area contributed by atoms with Gasteiger partial charge in [0.1, 0.15) is 0 Å². The number of hydrogen-bond donors (Lipinski definition) is 1. The molecule has 1 aliphatic heterocycles. The van der Waals surface area contributed by atoms with Crippen molar-refractivity contribution in [2.24, 2.45) is 7.05 Å². The van der Waals surface area contributed by atoms with E-state index >= 15 is 0 Å². The van der Waals surface area contributed by atoms with Gasteiger partial charge in [-0.3, -0.25) is 4.90 Å². The SMILES string of the molecule is Cn1cnc2c1CCN(CC(C)(O)c1ccc(Br)cc1)C2. The minimum absolute atomic E-state index is 0.616. The number of fused-ring (bicyclic) bond motifs is 1. The Kier molecular flexibility index (Phi) is 3.90. The summed E-state index contributed by atoms with van der Waals surface area (Å²) in [5, 5.41) is 10.8. The zero-order valence-electron chi connectivity index (χ0n) is 12.4. The van der Waals surface area contributed by atoms with Crippen molar-refractivity contribution in [3.05, 3.63) is 52.0 Å². The predicted octanol–water partition coefficient (Wildman–Crippen LogP) is 2.45. The molecule has 0 fully saturated rings. The van der Waals surface area contributed by atoms with Crippen molar-refractivity contribution in [1.29, 1.82) is 0 Å². The quantitative estimate of drug-likeness (QED) is 0.925. The summed E-state index contributed by atoms with van der Waals surface area (Å²) in [6.45, 7) is 4.26. The van der Waals surface area contributed by atoms with Crippen LogP contribution in [0.1, 0.15) is 23.9 Å². The van der Waals surface area contributed by atoms with Gasteiger partial charge < -0.3 is 9.67 Å². The van der Waals surface area contributed by atoms with Gasteiger partial charge in [-0.05, 0) is 24.6 Å². The fourth-order valence-electron chi connectivity index (χ4n) is 2.98. The number of aromatic nitrogens is 2. The van der Waals surface area contributed by atoms with Crippen LogP contribution in [-0.4, -0.2) is 32.6 Å². The van der Waals surface area contributed by atoms with Crippen LogP contribution in [0.5, 0.6) is 0 Å². The second-order valence-corrected chi connectivity index (χ2v) is 6.91. The van der Waals surface area contributed by atoms with Crippen LogP contribution in [0.3, 0.4) is 0 Å². The molecule has 5 heteroatoms. The average Bonchev–Trinajstić information content (AvgIpc) is 2.80. The van der Waals surface area contributed by atoms with Gasteiger partial charge in [-0.25, -0.2) is 4.98 Å². The molecule has 4 nitrogen and oxygen atoms in total. The maximum atomic E-state index is 10.8. The Labute approximate surface area is 133 Å². The molecule has 1 aromatic carbocycles. The van der Waals surface area contributed by atoms with Gasteiger partial charge in [0, 0.05) is 43.3 Å². The molecule has 0 radical (unpaired) electrons. The number of aliphatic hydroxyl groups is 1. The van der Waals surface area contributed by atoms with E-state index in [1.54, 1.807) is 0 Å². The molecule has 112 valence electrons. The first kappa shape index (κ1) is 14.8. The third-order valence-corrected chi connectivity index (χ3v) is 4.71. The van der Waals surface area contributed by atoms with E-state index in [0.29, 0.717) is 6.54 Å². The Balaban J connectivity index is 1.73. The van der Waals surface area contributed by atoms with Crippen LogP contribution in [0.25, 0.3) is 0 Å². The van der Waals surface area contributed by atoms with E-state index in [4.69, 9.17) is 0 Å². The molecule has 1 aliphatic rings. The second kappa shape index (κ2) is 5.55. The maximum absolute atomic E-state index is 10.8. The number of aryl methyl sites for hydroxylation is 1. The van der Waals surface area contributed by atoms with Crippen LogP contribution in [0.15, 0.2) is 35.1 Å². The highest BCUT2D eigenvalue weighted by Gasteiger charge is 2.29. The van der Waals surface area contributed by atoms with E-state index < -0.39 is 5.60 Å². The van der Waals surface area contributed by atoms with E-state index in [9.17, 15) is 5.11 Å². The normalized spacial score (nSPS) is 18.3. The smallest absolute Gasteiger partial charge is 0.0994 e. The van der Waals surface area contributed by atoms with Crippen LogP contribution in [0, 0.1) is 0 Å². The lowest BCUT2D eigenvalue weighted by Gasteiger charge is -2.34. The number of nitrogens with zero attached hydrogens (tertiary/aromatic N) is 3. The fourth-order valence-corrected chi connectivity index (χ4v) is 3.25. The second-order valence-electron chi connectivity index (χ2n) is 5.99. The van der Waals surface area contributed by atoms with Crippen molar-refractivity contribution >= 4 is 15.9 Å². The van der Waals surface area contributed by atoms with Crippen molar-refractivity contribution in [3.8, 4) is 0 Å². The van der Waals surface area contributed by atoms with E-state index in [1.165, 1.54) is 5.69 Å². The predicted molar refractivity (Wildman–Crippen MR) is 85.9 cm³/mol. The molecule has 1 atom stereocenters. The van der Waals surface area contributed by atoms with Gasteiger partial charge in [0.25, 0.3) is 0 Å². The first-order chi connectivity index (χ1) is 9.95. The largest absolute Gasteiger partial charge is 0.384 e. The molecule has 2 heterocycles. The first-order valence-corrected chi connectivity index (χ1v) is 7.95. The molecule has 1 aromatic heterocycles. The van der Waals surface area contributed by atoms with E-state index in [0.717, 1.165) is 35.2 Å². The summed E-state index contributed by atoms with van der Waals surface area (Å²) in [6.07, 6.45) is 2.86. The number of β-amino-alcohol motifs (C(OH)–C–C–N with tert-alkyl or cyclic N) is 1. The molecule has 21 heavy (non-hydrogen) atoms. The van der Waals surface area contributed by atoms with Gasteiger partial charge in [0.05, 0.1) is 17.6 Å². The highest BCUT2D eigenvalue weighted by molar-refractivity contribution is 9.10. The number of halogens is 1. The zero-order chi connectivity index (χ0) is 15.0. The number of imidazole rings is 1. The monoisotopic (exact) mass is 349 g/mol. The highest BCUT2D eigenvalue weighted by atomic mass is 79.9. The summed E-state index contributed by atoms with van der Waals surface area (Å²) < 4.78 is 3.12. The molecule has 3 rings (SSSR count). The van der Waals surface area contributed by atoms with Crippen LogP contribution in [0.4, 0.5) is 0 Å². The number of rotatable bonds is 3.